The Labute approximate surface area is 169 Å². The standard InChI is InChI=1S/C15H18N8O3S3/c16-12-5-2-9(8-18-12)10-3-4-11-14(13(10)15-20-22-23-21-15)28(17,25)27-29(11,26)19-6-1-7-24/h2-5,8,24H,1,6-7H2,(H2,16,18)(H2,17,25)(H,19,26)(H,20,21,22,23). The summed E-state index contributed by atoms with van der Waals surface area (Å²) in [6, 6.07) is 6.75. The molecule has 0 aliphatic carbocycles. The molecule has 11 nitrogen and oxygen atoms in total. The van der Waals surface area contributed by atoms with Crippen molar-refractivity contribution in [3.05, 3.63) is 30.5 Å². The fourth-order valence-corrected chi connectivity index (χ4v) is 13.3. The molecule has 0 spiro atoms. The zero-order valence-electron chi connectivity index (χ0n) is 14.9. The molecule has 4 rings (SSSR count). The summed E-state index contributed by atoms with van der Waals surface area (Å²) in [4.78, 5) is 4.63. The number of hydrogen-bond acceptors (Lipinski definition) is 8. The van der Waals surface area contributed by atoms with Crippen LogP contribution >= 0.6 is 0 Å². The molecule has 14 heteroatoms. The van der Waals surface area contributed by atoms with Gasteiger partial charge in [0.1, 0.15) is 23.2 Å². The van der Waals surface area contributed by atoms with Crippen LogP contribution in [0, 0.1) is 0 Å². The number of aromatic amines is 1. The van der Waals surface area contributed by atoms with Gasteiger partial charge in [-0.2, -0.15) is 5.21 Å². The Balaban J connectivity index is 2.00. The Hall–Kier alpha value is -2.36. The van der Waals surface area contributed by atoms with Crippen LogP contribution in [-0.2, 0) is 26.2 Å². The number of tetrazole rings is 1. The second-order valence-corrected chi connectivity index (χ2v) is 14.0. The molecule has 2 aromatic heterocycles. The van der Waals surface area contributed by atoms with Crippen LogP contribution in [0.15, 0.2) is 40.3 Å². The number of rotatable bonds is 6. The number of aliphatic hydroxyl groups is 1. The first-order chi connectivity index (χ1) is 13.9. The van der Waals surface area contributed by atoms with E-state index in [4.69, 9.17) is 16.0 Å². The molecular formula is C15H18N8O3S3. The molecule has 0 saturated heterocycles. The molecule has 2 unspecified atom stereocenters. The van der Waals surface area contributed by atoms with E-state index in [2.05, 4.69) is 30.3 Å². The van der Waals surface area contributed by atoms with E-state index in [9.17, 15) is 8.42 Å². The Morgan fingerprint density at radius 1 is 1.24 bits per heavy atom. The van der Waals surface area contributed by atoms with E-state index < -0.39 is 17.4 Å². The molecule has 0 saturated carbocycles. The van der Waals surface area contributed by atoms with Gasteiger partial charge in [0.25, 0.3) is 0 Å². The number of nitrogen functional groups attached to an aromatic ring is 1. The van der Waals surface area contributed by atoms with Crippen LogP contribution in [0.1, 0.15) is 6.42 Å². The number of fused-ring (bicyclic) bond motifs is 1. The zero-order valence-corrected chi connectivity index (χ0v) is 17.4. The second kappa shape index (κ2) is 7.47. The van der Waals surface area contributed by atoms with Gasteiger partial charge in [0.05, 0.1) is 9.79 Å². The van der Waals surface area contributed by atoms with Crippen molar-refractivity contribution in [1.29, 1.82) is 0 Å². The number of anilines is 1. The highest BCUT2D eigenvalue weighted by atomic mass is 33.1. The predicted molar refractivity (Wildman–Crippen MR) is 111 cm³/mol. The van der Waals surface area contributed by atoms with Crippen LogP contribution in [0.25, 0.3) is 22.5 Å². The third-order valence-electron chi connectivity index (χ3n) is 4.19. The van der Waals surface area contributed by atoms with Gasteiger partial charge in [0, 0.05) is 39.4 Å². The van der Waals surface area contributed by atoms with Crippen molar-refractivity contribution in [2.45, 2.75) is 16.2 Å². The van der Waals surface area contributed by atoms with E-state index in [1.165, 1.54) is 0 Å². The summed E-state index contributed by atoms with van der Waals surface area (Å²) in [5.41, 5.74) is 7.33. The highest BCUT2D eigenvalue weighted by molar-refractivity contribution is 8.60. The monoisotopic (exact) mass is 454 g/mol. The number of nitrogens with two attached hydrogens (primary N) is 2. The fourth-order valence-electron chi connectivity index (χ4n) is 2.95. The first kappa shape index (κ1) is 19.9. The third-order valence-corrected chi connectivity index (χ3v) is 13.3. The second-order valence-electron chi connectivity index (χ2n) is 6.11. The van der Waals surface area contributed by atoms with E-state index in [-0.39, 0.29) is 23.9 Å². The molecule has 1 aliphatic heterocycles. The van der Waals surface area contributed by atoms with Gasteiger partial charge >= 0.3 is 0 Å². The molecule has 0 fully saturated rings. The molecule has 7 N–H and O–H groups in total. The summed E-state index contributed by atoms with van der Waals surface area (Å²) in [5.74, 6) is 0.525. The Morgan fingerprint density at radius 3 is 2.72 bits per heavy atom. The van der Waals surface area contributed by atoms with E-state index in [0.29, 0.717) is 42.7 Å². The molecule has 3 heterocycles. The maximum absolute atomic E-state index is 13.5. The van der Waals surface area contributed by atoms with Crippen LogP contribution in [0.3, 0.4) is 0 Å². The highest BCUT2D eigenvalue weighted by Crippen LogP contribution is 2.40. The van der Waals surface area contributed by atoms with Gasteiger partial charge in [-0.15, -0.1) is 10.2 Å². The van der Waals surface area contributed by atoms with Gasteiger partial charge in [-0.1, -0.05) is 6.07 Å². The quantitative estimate of drug-likeness (QED) is 0.308. The lowest BCUT2D eigenvalue weighted by atomic mass is 10.0. The fraction of sp³-hybridized carbons (Fsp3) is 0.200. The number of nitrogens with one attached hydrogen (secondary N) is 2. The lowest BCUT2D eigenvalue weighted by Crippen LogP contribution is -2.24. The summed E-state index contributed by atoms with van der Waals surface area (Å²) >= 11 is 0. The van der Waals surface area contributed by atoms with Gasteiger partial charge in [0.2, 0.25) is 5.82 Å². The lowest BCUT2D eigenvalue weighted by Gasteiger charge is -2.15. The van der Waals surface area contributed by atoms with Crippen LogP contribution < -0.4 is 15.6 Å². The summed E-state index contributed by atoms with van der Waals surface area (Å²) in [6.07, 6.45) is 1.96. The van der Waals surface area contributed by atoms with E-state index in [1.54, 1.807) is 30.5 Å². The number of aliphatic hydroxyl groups excluding tert-OH is 1. The van der Waals surface area contributed by atoms with Gasteiger partial charge in [-0.3, -0.25) is 0 Å². The number of nitrogens with zero attached hydrogens (tertiary/aromatic N) is 4. The molecule has 154 valence electrons. The topological polar surface area (TPSA) is 186 Å². The number of H-pyrrole nitrogens is 1. The highest BCUT2D eigenvalue weighted by Gasteiger charge is 2.33. The van der Waals surface area contributed by atoms with Crippen LogP contribution in [0.4, 0.5) is 5.82 Å². The zero-order chi connectivity index (χ0) is 20.6. The Morgan fingerprint density at radius 2 is 2.07 bits per heavy atom. The normalized spacial score (nSPS) is 23.0. The van der Waals surface area contributed by atoms with Crippen molar-refractivity contribution in [3.8, 4) is 22.5 Å². The molecule has 29 heavy (non-hydrogen) atoms. The average Bonchev–Trinajstić information content (AvgIpc) is 3.28. The summed E-state index contributed by atoms with van der Waals surface area (Å²) in [6.45, 7) is 0.216. The third kappa shape index (κ3) is 3.54. The summed E-state index contributed by atoms with van der Waals surface area (Å²) in [5, 5.41) is 29.2. The molecule has 1 aliphatic rings. The molecule has 0 amide bonds. The molecule has 0 radical (unpaired) electrons. The van der Waals surface area contributed by atoms with Gasteiger partial charge in [0.15, 0.2) is 0 Å². The van der Waals surface area contributed by atoms with E-state index in [1.807, 2.05) is 0 Å². The van der Waals surface area contributed by atoms with Crippen molar-refractivity contribution in [1.82, 2.24) is 30.3 Å². The predicted octanol–water partition coefficient (Wildman–Crippen LogP) is -0.516. The largest absolute Gasteiger partial charge is 0.396 e. The molecular weight excluding hydrogens is 436 g/mol. The Bertz CT molecular complexity index is 1320. The minimum absolute atomic E-state index is 0.0603. The van der Waals surface area contributed by atoms with Crippen molar-refractivity contribution in [2.24, 2.45) is 5.14 Å². The van der Waals surface area contributed by atoms with Gasteiger partial charge in [-0.25, -0.2) is 23.3 Å². The maximum Gasteiger partial charge on any atom is 0.206 e. The summed E-state index contributed by atoms with van der Waals surface area (Å²) < 4.78 is 29.8. The summed E-state index contributed by atoms with van der Waals surface area (Å²) in [7, 11) is -5.54. The van der Waals surface area contributed by atoms with E-state index >= 15 is 0 Å². The molecule has 3 aromatic rings. The van der Waals surface area contributed by atoms with E-state index in [0.717, 1.165) is 0 Å². The molecule has 2 atom stereocenters. The maximum atomic E-state index is 13.5. The molecule has 0 bridgehead atoms. The minimum atomic E-state index is -3.25. The average molecular weight is 455 g/mol. The van der Waals surface area contributed by atoms with Crippen molar-refractivity contribution < 1.29 is 13.5 Å². The lowest BCUT2D eigenvalue weighted by molar-refractivity contribution is 0.289. The van der Waals surface area contributed by atoms with Crippen LogP contribution in [0.2, 0.25) is 0 Å². The first-order valence-electron chi connectivity index (χ1n) is 8.41. The van der Waals surface area contributed by atoms with Gasteiger partial charge in [-0.05, 0) is 35.4 Å². The number of pyridine rings is 1. The first-order valence-corrected chi connectivity index (χ1v) is 13.4. The number of hydrogen-bond donors (Lipinski definition) is 5. The number of benzene rings is 1. The van der Waals surface area contributed by atoms with Crippen molar-refractivity contribution in [2.75, 3.05) is 18.9 Å². The smallest absolute Gasteiger partial charge is 0.206 e. The SMILES string of the molecule is Nc1ccc(-c2ccc3c(c2-c2nn[nH]n2)S(N)(=O)=S=S3(=O)NCCCO)cn1. The number of aromatic nitrogens is 5. The minimum Gasteiger partial charge on any atom is -0.396 e. The van der Waals surface area contributed by atoms with Gasteiger partial charge < -0.3 is 10.8 Å². The van der Waals surface area contributed by atoms with Crippen LogP contribution in [0.5, 0.6) is 0 Å². The van der Waals surface area contributed by atoms with Crippen LogP contribution in [-0.4, -0.2) is 52.3 Å². The molecule has 1 aromatic carbocycles. The van der Waals surface area contributed by atoms with Crippen molar-refractivity contribution in [3.63, 3.8) is 0 Å². The van der Waals surface area contributed by atoms with Crippen molar-refractivity contribution >= 4 is 32.1 Å². The Kier molecular flexibility index (Phi) is 5.14.